The van der Waals surface area contributed by atoms with Gasteiger partial charge in [-0.3, -0.25) is 15.1 Å². The van der Waals surface area contributed by atoms with Crippen LogP contribution in [0.3, 0.4) is 0 Å². The molecule has 0 saturated carbocycles. The Kier molecular flexibility index (Phi) is 2.83. The van der Waals surface area contributed by atoms with Gasteiger partial charge in [-0.2, -0.15) is 0 Å². The molecule has 1 aromatic rings. The summed E-state index contributed by atoms with van der Waals surface area (Å²) < 4.78 is 0. The van der Waals surface area contributed by atoms with Crippen LogP contribution in [-0.4, -0.2) is 9.91 Å². The summed E-state index contributed by atoms with van der Waals surface area (Å²) >= 11 is 5.58. The fourth-order valence-electron chi connectivity index (χ4n) is 1.18. The topological polar surface area (TPSA) is 56.0 Å². The standard InChI is InChI=1S/C8H9ClN2O2/c1-5-4-10-7(3-9)6(2)8(5)11(12)13/h4H,3H2,1-2H3. The number of aromatic nitrogens is 1. The van der Waals surface area contributed by atoms with Crippen LogP contribution < -0.4 is 0 Å². The molecule has 70 valence electrons. The Labute approximate surface area is 80.7 Å². The number of nitrogens with zero attached hydrogens (tertiary/aromatic N) is 2. The normalized spacial score (nSPS) is 10.1. The van der Waals surface area contributed by atoms with E-state index in [9.17, 15) is 10.1 Å². The molecule has 5 heteroatoms. The molecule has 0 aromatic carbocycles. The molecule has 0 aliphatic heterocycles. The monoisotopic (exact) mass is 200 g/mol. The Morgan fingerprint density at radius 3 is 2.69 bits per heavy atom. The number of pyridine rings is 1. The number of nitro groups is 1. The first-order valence-electron chi connectivity index (χ1n) is 3.73. The van der Waals surface area contributed by atoms with Gasteiger partial charge in [-0.1, -0.05) is 0 Å². The molecule has 0 aliphatic rings. The van der Waals surface area contributed by atoms with Crippen molar-refractivity contribution in [2.45, 2.75) is 19.7 Å². The summed E-state index contributed by atoms with van der Waals surface area (Å²) in [6.45, 7) is 3.33. The van der Waals surface area contributed by atoms with E-state index in [4.69, 9.17) is 11.6 Å². The second-order valence-electron chi connectivity index (χ2n) is 2.75. The summed E-state index contributed by atoms with van der Waals surface area (Å²) in [5.74, 6) is 0.201. The van der Waals surface area contributed by atoms with Crippen molar-refractivity contribution in [1.29, 1.82) is 0 Å². The van der Waals surface area contributed by atoms with Crippen LogP contribution in [0.15, 0.2) is 6.20 Å². The zero-order valence-electron chi connectivity index (χ0n) is 7.37. The van der Waals surface area contributed by atoms with E-state index in [0.717, 1.165) is 0 Å². The number of aryl methyl sites for hydroxylation is 1. The summed E-state index contributed by atoms with van der Waals surface area (Å²) in [4.78, 5) is 14.2. The molecule has 0 saturated heterocycles. The van der Waals surface area contributed by atoms with Crippen LogP contribution in [0.25, 0.3) is 0 Å². The lowest BCUT2D eigenvalue weighted by atomic mass is 10.1. The van der Waals surface area contributed by atoms with E-state index in [0.29, 0.717) is 16.8 Å². The molecular formula is C8H9ClN2O2. The Bertz CT molecular complexity index is 352. The number of hydrogen-bond acceptors (Lipinski definition) is 3. The van der Waals surface area contributed by atoms with Gasteiger partial charge in [0.2, 0.25) is 0 Å². The van der Waals surface area contributed by atoms with Crippen molar-refractivity contribution in [2.75, 3.05) is 0 Å². The Morgan fingerprint density at radius 1 is 1.62 bits per heavy atom. The molecule has 0 bridgehead atoms. The van der Waals surface area contributed by atoms with Gasteiger partial charge in [0.25, 0.3) is 5.69 Å². The highest BCUT2D eigenvalue weighted by Gasteiger charge is 2.17. The Morgan fingerprint density at radius 2 is 2.23 bits per heavy atom. The average Bonchev–Trinajstić information content (AvgIpc) is 2.04. The summed E-state index contributed by atoms with van der Waals surface area (Å²) in [6.07, 6.45) is 1.48. The van der Waals surface area contributed by atoms with Crippen LogP contribution in [-0.2, 0) is 5.88 Å². The molecule has 0 fully saturated rings. The molecule has 0 spiro atoms. The van der Waals surface area contributed by atoms with Gasteiger partial charge in [-0.05, 0) is 13.8 Å². The van der Waals surface area contributed by atoms with Gasteiger partial charge in [-0.25, -0.2) is 0 Å². The molecule has 1 aromatic heterocycles. The molecular weight excluding hydrogens is 192 g/mol. The molecule has 0 radical (unpaired) electrons. The van der Waals surface area contributed by atoms with Gasteiger partial charge in [-0.15, -0.1) is 11.6 Å². The number of alkyl halides is 1. The van der Waals surface area contributed by atoms with Crippen molar-refractivity contribution in [3.63, 3.8) is 0 Å². The van der Waals surface area contributed by atoms with Crippen molar-refractivity contribution in [1.82, 2.24) is 4.98 Å². The number of hydrogen-bond donors (Lipinski definition) is 0. The quantitative estimate of drug-likeness (QED) is 0.418. The second-order valence-corrected chi connectivity index (χ2v) is 3.02. The van der Waals surface area contributed by atoms with Crippen LogP contribution in [0, 0.1) is 24.0 Å². The third-order valence-electron chi connectivity index (χ3n) is 1.88. The maximum Gasteiger partial charge on any atom is 0.278 e. The molecule has 0 atom stereocenters. The molecule has 1 heterocycles. The minimum Gasteiger partial charge on any atom is -0.259 e. The molecule has 0 unspecified atom stereocenters. The lowest BCUT2D eigenvalue weighted by molar-refractivity contribution is -0.386. The third-order valence-corrected chi connectivity index (χ3v) is 2.14. The van der Waals surface area contributed by atoms with Crippen LogP contribution >= 0.6 is 11.6 Å². The highest BCUT2D eigenvalue weighted by atomic mass is 35.5. The smallest absolute Gasteiger partial charge is 0.259 e. The molecule has 4 nitrogen and oxygen atoms in total. The Balaban J connectivity index is 3.38. The predicted octanol–water partition coefficient (Wildman–Crippen LogP) is 2.35. The highest BCUT2D eigenvalue weighted by molar-refractivity contribution is 6.17. The molecule has 0 amide bonds. The molecule has 0 aliphatic carbocycles. The van der Waals surface area contributed by atoms with Crippen molar-refractivity contribution < 1.29 is 4.92 Å². The number of halogens is 1. The molecule has 0 N–H and O–H groups in total. The highest BCUT2D eigenvalue weighted by Crippen LogP contribution is 2.24. The second kappa shape index (κ2) is 3.70. The average molecular weight is 201 g/mol. The Hall–Kier alpha value is -1.16. The van der Waals surface area contributed by atoms with Crippen molar-refractivity contribution in [2.24, 2.45) is 0 Å². The van der Waals surface area contributed by atoms with Crippen LogP contribution in [0.2, 0.25) is 0 Å². The molecule has 13 heavy (non-hydrogen) atoms. The first-order chi connectivity index (χ1) is 6.07. The van der Waals surface area contributed by atoms with E-state index in [1.165, 1.54) is 6.20 Å². The number of rotatable bonds is 2. The van der Waals surface area contributed by atoms with Gasteiger partial charge in [0, 0.05) is 17.3 Å². The van der Waals surface area contributed by atoms with E-state index in [1.807, 2.05) is 0 Å². The van der Waals surface area contributed by atoms with Gasteiger partial charge in [0.15, 0.2) is 0 Å². The van der Waals surface area contributed by atoms with Gasteiger partial charge >= 0.3 is 0 Å². The maximum absolute atomic E-state index is 10.6. The summed E-state index contributed by atoms with van der Waals surface area (Å²) in [5, 5.41) is 10.6. The fraction of sp³-hybridized carbons (Fsp3) is 0.375. The van der Waals surface area contributed by atoms with E-state index in [-0.39, 0.29) is 11.6 Å². The van der Waals surface area contributed by atoms with Crippen molar-refractivity contribution >= 4 is 17.3 Å². The maximum atomic E-state index is 10.6. The third kappa shape index (κ3) is 1.78. The van der Waals surface area contributed by atoms with Crippen molar-refractivity contribution in [3.05, 3.63) is 33.1 Å². The lowest BCUT2D eigenvalue weighted by Gasteiger charge is -2.03. The zero-order chi connectivity index (χ0) is 10.0. The SMILES string of the molecule is Cc1cnc(CCl)c(C)c1[N+](=O)[O-]. The first kappa shape index (κ1) is 9.92. The van der Waals surface area contributed by atoms with Gasteiger partial charge < -0.3 is 0 Å². The summed E-state index contributed by atoms with van der Waals surface area (Å²) in [6, 6.07) is 0. The largest absolute Gasteiger partial charge is 0.278 e. The minimum atomic E-state index is -0.400. The van der Waals surface area contributed by atoms with Crippen LogP contribution in [0.1, 0.15) is 16.8 Å². The van der Waals surface area contributed by atoms with E-state index in [2.05, 4.69) is 4.98 Å². The van der Waals surface area contributed by atoms with Crippen LogP contribution in [0.5, 0.6) is 0 Å². The zero-order valence-corrected chi connectivity index (χ0v) is 8.13. The lowest BCUT2D eigenvalue weighted by Crippen LogP contribution is -2.00. The van der Waals surface area contributed by atoms with Gasteiger partial charge in [0.1, 0.15) is 0 Å². The van der Waals surface area contributed by atoms with Crippen molar-refractivity contribution in [3.8, 4) is 0 Å². The first-order valence-corrected chi connectivity index (χ1v) is 4.26. The molecule has 1 rings (SSSR count). The minimum absolute atomic E-state index is 0.116. The van der Waals surface area contributed by atoms with Crippen LogP contribution in [0.4, 0.5) is 5.69 Å². The fourth-order valence-corrected chi connectivity index (χ4v) is 1.45. The van der Waals surface area contributed by atoms with E-state index in [1.54, 1.807) is 13.8 Å². The summed E-state index contributed by atoms with van der Waals surface area (Å²) in [5.41, 5.74) is 1.81. The predicted molar refractivity (Wildman–Crippen MR) is 49.9 cm³/mol. The van der Waals surface area contributed by atoms with E-state index >= 15 is 0 Å². The summed E-state index contributed by atoms with van der Waals surface area (Å²) in [7, 11) is 0. The van der Waals surface area contributed by atoms with E-state index < -0.39 is 4.92 Å². The van der Waals surface area contributed by atoms with Gasteiger partial charge in [0.05, 0.1) is 16.5 Å².